The van der Waals surface area contributed by atoms with Crippen LogP contribution in [-0.2, 0) is 4.79 Å². The van der Waals surface area contributed by atoms with Crippen LogP contribution in [0.5, 0.6) is 0 Å². The Labute approximate surface area is 76.5 Å². The number of nitrogens with one attached hydrogen (secondary N) is 2. The summed E-state index contributed by atoms with van der Waals surface area (Å²) in [5, 5.41) is 14.9. The van der Waals surface area contributed by atoms with Gasteiger partial charge in [-0.25, -0.2) is 0 Å². The van der Waals surface area contributed by atoms with Crippen LogP contribution in [0.2, 0.25) is 0 Å². The van der Waals surface area contributed by atoms with Gasteiger partial charge < -0.3 is 20.5 Å². The highest BCUT2D eigenvalue weighted by Gasteiger charge is 2.18. The third-order valence-electron chi connectivity index (χ3n) is 2.08. The van der Waals surface area contributed by atoms with Gasteiger partial charge >= 0.3 is 0 Å². The topological polar surface area (TPSA) is 81.3 Å². The summed E-state index contributed by atoms with van der Waals surface area (Å²) in [6, 6.07) is -0.634. The Morgan fingerprint density at radius 3 is 2.92 bits per heavy atom. The second-order valence-electron chi connectivity index (χ2n) is 3.12. The Morgan fingerprint density at radius 2 is 2.23 bits per heavy atom. The highest BCUT2D eigenvalue weighted by molar-refractivity contribution is 5.84. The van der Waals surface area contributed by atoms with Gasteiger partial charge in [0, 0.05) is 6.54 Å². The van der Waals surface area contributed by atoms with Gasteiger partial charge in [0.05, 0.1) is 0 Å². The molecular formula is C8H13N2O3-. The van der Waals surface area contributed by atoms with E-state index in [9.17, 15) is 14.7 Å². The van der Waals surface area contributed by atoms with Crippen molar-refractivity contribution < 1.29 is 14.7 Å². The molecule has 1 fully saturated rings. The lowest BCUT2D eigenvalue weighted by atomic mass is 10.1. The Hall–Kier alpha value is -1.26. The van der Waals surface area contributed by atoms with Gasteiger partial charge in [0.2, 0.25) is 5.91 Å². The number of hydrogen-bond acceptors (Lipinski definition) is 3. The van der Waals surface area contributed by atoms with Crippen molar-refractivity contribution in [3.8, 4) is 0 Å². The molecule has 1 rings (SSSR count). The highest BCUT2D eigenvalue weighted by Crippen LogP contribution is 2.06. The van der Waals surface area contributed by atoms with E-state index in [1.54, 1.807) is 0 Å². The molecule has 2 amide bonds. The van der Waals surface area contributed by atoms with Gasteiger partial charge in [-0.05, 0) is 12.8 Å². The van der Waals surface area contributed by atoms with Crippen molar-refractivity contribution in [2.75, 3.05) is 6.54 Å². The molecule has 0 aromatic heterocycles. The zero-order valence-corrected chi connectivity index (χ0v) is 7.34. The van der Waals surface area contributed by atoms with Crippen molar-refractivity contribution in [3.05, 3.63) is 0 Å². The zero-order valence-electron chi connectivity index (χ0n) is 7.34. The molecule has 0 spiro atoms. The first kappa shape index (κ1) is 9.83. The Morgan fingerprint density at radius 1 is 1.46 bits per heavy atom. The van der Waals surface area contributed by atoms with Crippen LogP contribution in [0.25, 0.3) is 0 Å². The van der Waals surface area contributed by atoms with Gasteiger partial charge in [0.1, 0.15) is 12.1 Å². The monoisotopic (exact) mass is 185 g/mol. The van der Waals surface area contributed by atoms with Gasteiger partial charge in [-0.1, -0.05) is 12.8 Å². The molecule has 1 aliphatic heterocycles. The maximum absolute atomic E-state index is 11.2. The van der Waals surface area contributed by atoms with E-state index in [0.29, 0.717) is 13.0 Å². The molecule has 5 heteroatoms. The number of hydrogen-bond donors (Lipinski definition) is 2. The van der Waals surface area contributed by atoms with E-state index in [-0.39, 0.29) is 5.91 Å². The van der Waals surface area contributed by atoms with Gasteiger partial charge in [-0.3, -0.25) is 4.79 Å². The first-order valence-corrected chi connectivity index (χ1v) is 4.45. The first-order valence-electron chi connectivity index (χ1n) is 4.45. The van der Waals surface area contributed by atoms with Crippen LogP contribution < -0.4 is 15.7 Å². The van der Waals surface area contributed by atoms with Crippen LogP contribution in [0.4, 0.5) is 4.79 Å². The van der Waals surface area contributed by atoms with E-state index in [0.717, 1.165) is 19.3 Å². The van der Waals surface area contributed by atoms with Crippen molar-refractivity contribution in [2.45, 2.75) is 31.7 Å². The standard InChI is InChI=1S/C8H14N2O3/c11-7-6(10-8(12)13)4-2-1-3-5-9-7/h6,10H,1-5H2,(H,9,11)(H,12,13)/p-1. The molecule has 1 aliphatic rings. The predicted molar refractivity (Wildman–Crippen MR) is 43.8 cm³/mol. The molecule has 1 unspecified atom stereocenters. The SMILES string of the molecule is O=C([O-])NC1CCCCCNC1=O. The molecule has 1 heterocycles. The smallest absolute Gasteiger partial charge is 0.242 e. The lowest BCUT2D eigenvalue weighted by Gasteiger charge is -2.21. The summed E-state index contributed by atoms with van der Waals surface area (Å²) in [7, 11) is 0. The summed E-state index contributed by atoms with van der Waals surface area (Å²) in [6.45, 7) is 0.629. The van der Waals surface area contributed by atoms with E-state index in [1.165, 1.54) is 0 Å². The minimum Gasteiger partial charge on any atom is -0.530 e. The summed E-state index contributed by atoms with van der Waals surface area (Å²) in [5.74, 6) is -0.246. The van der Waals surface area contributed by atoms with E-state index < -0.39 is 12.1 Å². The first-order chi connectivity index (χ1) is 6.20. The van der Waals surface area contributed by atoms with Gasteiger partial charge in [-0.15, -0.1) is 0 Å². The van der Waals surface area contributed by atoms with Crippen molar-refractivity contribution in [1.82, 2.24) is 10.6 Å². The third-order valence-corrected chi connectivity index (χ3v) is 2.08. The Balaban J connectivity index is 2.46. The van der Waals surface area contributed by atoms with Crippen LogP contribution in [0.3, 0.4) is 0 Å². The highest BCUT2D eigenvalue weighted by atomic mass is 16.4. The van der Waals surface area contributed by atoms with Gasteiger partial charge in [-0.2, -0.15) is 0 Å². The summed E-state index contributed by atoms with van der Waals surface area (Å²) in [5.41, 5.74) is 0. The molecule has 0 saturated carbocycles. The van der Waals surface area contributed by atoms with E-state index >= 15 is 0 Å². The maximum Gasteiger partial charge on any atom is 0.242 e. The second-order valence-corrected chi connectivity index (χ2v) is 3.12. The van der Waals surface area contributed by atoms with Crippen LogP contribution >= 0.6 is 0 Å². The average Bonchev–Trinajstić information content (AvgIpc) is 2.04. The van der Waals surface area contributed by atoms with Gasteiger partial charge in [0.15, 0.2) is 0 Å². The van der Waals surface area contributed by atoms with Crippen molar-refractivity contribution in [2.24, 2.45) is 0 Å². The Bertz CT molecular complexity index is 206. The average molecular weight is 185 g/mol. The molecule has 0 bridgehead atoms. The van der Waals surface area contributed by atoms with E-state index in [2.05, 4.69) is 10.6 Å². The molecule has 0 radical (unpaired) electrons. The number of amides is 2. The normalized spacial score (nSPS) is 24.0. The molecule has 0 aromatic carbocycles. The fourth-order valence-corrected chi connectivity index (χ4v) is 1.40. The van der Waals surface area contributed by atoms with Crippen LogP contribution in [0.1, 0.15) is 25.7 Å². The van der Waals surface area contributed by atoms with Crippen LogP contribution in [-0.4, -0.2) is 24.6 Å². The van der Waals surface area contributed by atoms with E-state index in [1.807, 2.05) is 0 Å². The number of carbonyl (C=O) groups is 2. The van der Waals surface area contributed by atoms with Crippen molar-refractivity contribution >= 4 is 12.0 Å². The molecular weight excluding hydrogens is 172 g/mol. The number of carbonyl (C=O) groups excluding carboxylic acids is 2. The molecule has 1 saturated heterocycles. The molecule has 0 aliphatic carbocycles. The van der Waals surface area contributed by atoms with Crippen LogP contribution in [0, 0.1) is 0 Å². The minimum absolute atomic E-state index is 0.246. The second kappa shape index (κ2) is 4.69. The summed E-state index contributed by atoms with van der Waals surface area (Å²) < 4.78 is 0. The quantitative estimate of drug-likeness (QED) is 0.548. The summed E-state index contributed by atoms with van der Waals surface area (Å²) >= 11 is 0. The lowest BCUT2D eigenvalue weighted by molar-refractivity contribution is -0.251. The zero-order chi connectivity index (χ0) is 9.68. The molecule has 13 heavy (non-hydrogen) atoms. The molecule has 2 N–H and O–H groups in total. The lowest BCUT2D eigenvalue weighted by Crippen LogP contribution is -2.51. The van der Waals surface area contributed by atoms with Crippen LogP contribution in [0.15, 0.2) is 0 Å². The fourth-order valence-electron chi connectivity index (χ4n) is 1.40. The fraction of sp³-hybridized carbons (Fsp3) is 0.750. The maximum atomic E-state index is 11.2. The summed E-state index contributed by atoms with van der Waals surface area (Å²) in [6.07, 6.45) is 2.02. The summed E-state index contributed by atoms with van der Waals surface area (Å²) in [4.78, 5) is 21.4. The largest absolute Gasteiger partial charge is 0.530 e. The Kier molecular flexibility index (Phi) is 3.54. The predicted octanol–water partition coefficient (Wildman–Crippen LogP) is -1.02. The van der Waals surface area contributed by atoms with Gasteiger partial charge in [0.25, 0.3) is 0 Å². The van der Waals surface area contributed by atoms with Crippen molar-refractivity contribution in [3.63, 3.8) is 0 Å². The third kappa shape index (κ3) is 3.31. The molecule has 74 valence electrons. The van der Waals surface area contributed by atoms with E-state index in [4.69, 9.17) is 0 Å². The molecule has 1 atom stereocenters. The molecule has 5 nitrogen and oxygen atoms in total. The number of rotatable bonds is 1. The molecule has 0 aromatic rings. The number of carboxylic acid groups (broad SMARTS) is 1. The minimum atomic E-state index is -1.39. The van der Waals surface area contributed by atoms with Crippen molar-refractivity contribution in [1.29, 1.82) is 0 Å².